The Hall–Kier alpha value is -2.95. The number of carbonyl (C=O) groups excluding carboxylic acids is 1. The predicted molar refractivity (Wildman–Crippen MR) is 120 cm³/mol. The standard InChI is InChI=1S/C24H18ClNO2S/c25-22-20-13-7-8-14-21(20)29-23(22)24(27)28-26-16-19(18-11-5-2-6-12-18)15-17-9-3-1-4-10-17/h1-14,16,19H,15H2/t19-/m0/s1. The van der Waals surface area contributed by atoms with E-state index in [9.17, 15) is 4.79 Å². The molecule has 1 heterocycles. The Balaban J connectivity index is 1.52. The summed E-state index contributed by atoms with van der Waals surface area (Å²) in [5, 5.41) is 5.27. The predicted octanol–water partition coefficient (Wildman–Crippen LogP) is 6.72. The Bertz CT molecular complexity index is 1140. The first-order valence-electron chi connectivity index (χ1n) is 9.23. The van der Waals surface area contributed by atoms with Crippen molar-refractivity contribution in [2.24, 2.45) is 5.16 Å². The van der Waals surface area contributed by atoms with Crippen LogP contribution in [-0.4, -0.2) is 12.2 Å². The largest absolute Gasteiger partial charge is 0.377 e. The Kier molecular flexibility index (Phi) is 6.03. The molecule has 0 saturated carbocycles. The van der Waals surface area contributed by atoms with E-state index in [-0.39, 0.29) is 5.92 Å². The zero-order valence-electron chi connectivity index (χ0n) is 15.5. The van der Waals surface area contributed by atoms with Crippen molar-refractivity contribution in [1.82, 2.24) is 0 Å². The molecule has 144 valence electrons. The second-order valence-corrected chi connectivity index (χ2v) is 8.01. The zero-order chi connectivity index (χ0) is 20.1. The van der Waals surface area contributed by atoms with Gasteiger partial charge < -0.3 is 4.84 Å². The minimum atomic E-state index is -0.543. The van der Waals surface area contributed by atoms with E-state index >= 15 is 0 Å². The maximum atomic E-state index is 12.5. The lowest BCUT2D eigenvalue weighted by Gasteiger charge is -2.12. The third-order valence-corrected chi connectivity index (χ3v) is 6.28. The molecule has 1 atom stereocenters. The van der Waals surface area contributed by atoms with Gasteiger partial charge in [0.15, 0.2) is 0 Å². The number of oxime groups is 1. The van der Waals surface area contributed by atoms with Gasteiger partial charge in [0.1, 0.15) is 4.88 Å². The van der Waals surface area contributed by atoms with E-state index in [4.69, 9.17) is 16.4 Å². The van der Waals surface area contributed by atoms with Gasteiger partial charge in [0.25, 0.3) is 0 Å². The second kappa shape index (κ2) is 9.03. The van der Waals surface area contributed by atoms with Crippen LogP contribution < -0.4 is 0 Å². The Labute approximate surface area is 178 Å². The van der Waals surface area contributed by atoms with Crippen molar-refractivity contribution in [3.63, 3.8) is 0 Å². The Morgan fingerprint density at radius 2 is 1.62 bits per heavy atom. The van der Waals surface area contributed by atoms with Crippen molar-refractivity contribution in [2.45, 2.75) is 12.3 Å². The van der Waals surface area contributed by atoms with Crippen LogP contribution in [0, 0.1) is 0 Å². The highest BCUT2D eigenvalue weighted by molar-refractivity contribution is 7.21. The summed E-state index contributed by atoms with van der Waals surface area (Å²) < 4.78 is 0.944. The molecule has 0 aliphatic carbocycles. The minimum Gasteiger partial charge on any atom is -0.312 e. The van der Waals surface area contributed by atoms with E-state index in [1.54, 1.807) is 6.21 Å². The molecule has 0 N–H and O–H groups in total. The molecular weight excluding hydrogens is 402 g/mol. The lowest BCUT2D eigenvalue weighted by atomic mass is 9.93. The number of fused-ring (bicyclic) bond motifs is 1. The smallest absolute Gasteiger partial charge is 0.312 e. The van der Waals surface area contributed by atoms with Gasteiger partial charge in [-0.25, -0.2) is 4.79 Å². The SMILES string of the molecule is O=C(ON=C[C@H](Cc1ccccc1)c1ccccc1)c1sc2ccccc2c1Cl. The highest BCUT2D eigenvalue weighted by Gasteiger charge is 2.19. The highest BCUT2D eigenvalue weighted by atomic mass is 35.5. The second-order valence-electron chi connectivity index (χ2n) is 6.58. The van der Waals surface area contributed by atoms with Crippen LogP contribution in [0.2, 0.25) is 5.02 Å². The zero-order valence-corrected chi connectivity index (χ0v) is 17.1. The van der Waals surface area contributed by atoms with Crippen molar-refractivity contribution in [2.75, 3.05) is 0 Å². The maximum absolute atomic E-state index is 12.5. The van der Waals surface area contributed by atoms with Crippen LogP contribution in [0.1, 0.15) is 26.7 Å². The highest BCUT2D eigenvalue weighted by Crippen LogP contribution is 2.35. The molecule has 0 aliphatic heterocycles. The van der Waals surface area contributed by atoms with Gasteiger partial charge in [-0.3, -0.25) is 0 Å². The van der Waals surface area contributed by atoms with Gasteiger partial charge in [-0.2, -0.15) is 0 Å². The van der Waals surface area contributed by atoms with Gasteiger partial charge in [-0.1, -0.05) is 95.6 Å². The van der Waals surface area contributed by atoms with Crippen molar-refractivity contribution in [3.05, 3.63) is 106 Å². The number of hydrogen-bond acceptors (Lipinski definition) is 4. The molecule has 0 aliphatic rings. The maximum Gasteiger partial charge on any atom is 0.377 e. The number of thiophene rings is 1. The third-order valence-electron chi connectivity index (χ3n) is 4.62. The van der Waals surface area contributed by atoms with Gasteiger partial charge in [0.2, 0.25) is 0 Å². The van der Waals surface area contributed by atoms with Crippen molar-refractivity contribution in [3.8, 4) is 0 Å². The molecule has 4 aromatic rings. The van der Waals surface area contributed by atoms with Gasteiger partial charge in [-0.05, 0) is 23.6 Å². The van der Waals surface area contributed by atoms with Crippen LogP contribution in [-0.2, 0) is 11.3 Å². The fourth-order valence-electron chi connectivity index (χ4n) is 3.16. The molecule has 0 fully saturated rings. The summed E-state index contributed by atoms with van der Waals surface area (Å²) in [6, 6.07) is 27.8. The Morgan fingerprint density at radius 3 is 2.34 bits per heavy atom. The number of nitrogens with zero attached hydrogens (tertiary/aromatic N) is 1. The number of halogens is 1. The summed E-state index contributed by atoms with van der Waals surface area (Å²) in [6.45, 7) is 0. The third kappa shape index (κ3) is 4.56. The quantitative estimate of drug-likeness (QED) is 0.197. The molecule has 0 unspecified atom stereocenters. The van der Waals surface area contributed by atoms with Gasteiger partial charge in [0, 0.05) is 16.0 Å². The van der Waals surface area contributed by atoms with Gasteiger partial charge in [0.05, 0.1) is 11.2 Å². The number of carbonyl (C=O) groups is 1. The molecule has 4 rings (SSSR count). The van der Waals surface area contributed by atoms with Crippen LogP contribution in [0.5, 0.6) is 0 Å². The molecule has 1 aromatic heterocycles. The lowest BCUT2D eigenvalue weighted by Crippen LogP contribution is -2.06. The topological polar surface area (TPSA) is 38.7 Å². The summed E-state index contributed by atoms with van der Waals surface area (Å²) >= 11 is 7.66. The first-order valence-corrected chi connectivity index (χ1v) is 10.4. The van der Waals surface area contributed by atoms with Crippen molar-refractivity contribution < 1.29 is 9.63 Å². The van der Waals surface area contributed by atoms with Gasteiger partial charge in [-0.15, -0.1) is 11.3 Å². The van der Waals surface area contributed by atoms with E-state index < -0.39 is 5.97 Å². The molecule has 0 amide bonds. The van der Waals surface area contributed by atoms with Crippen LogP contribution in [0.4, 0.5) is 0 Å². The number of benzene rings is 3. The monoisotopic (exact) mass is 419 g/mol. The average Bonchev–Trinajstić information content (AvgIpc) is 3.11. The van der Waals surface area contributed by atoms with E-state index in [2.05, 4.69) is 17.3 Å². The van der Waals surface area contributed by atoms with E-state index in [0.29, 0.717) is 9.90 Å². The van der Waals surface area contributed by atoms with Crippen LogP contribution in [0.3, 0.4) is 0 Å². The van der Waals surface area contributed by atoms with Gasteiger partial charge >= 0.3 is 5.97 Å². The van der Waals surface area contributed by atoms with E-state index in [1.165, 1.54) is 16.9 Å². The molecule has 5 heteroatoms. The molecule has 0 radical (unpaired) electrons. The average molecular weight is 420 g/mol. The number of hydrogen-bond donors (Lipinski definition) is 0. The minimum absolute atomic E-state index is 0.00993. The fraction of sp³-hybridized carbons (Fsp3) is 0.0833. The molecule has 0 spiro atoms. The Morgan fingerprint density at radius 1 is 0.966 bits per heavy atom. The molecule has 29 heavy (non-hydrogen) atoms. The normalized spacial score (nSPS) is 12.3. The molecular formula is C24H18ClNO2S. The summed E-state index contributed by atoms with van der Waals surface area (Å²) in [4.78, 5) is 18.1. The van der Waals surface area contributed by atoms with Crippen LogP contribution in [0.25, 0.3) is 10.1 Å². The van der Waals surface area contributed by atoms with Crippen LogP contribution >= 0.6 is 22.9 Å². The summed E-state index contributed by atoms with van der Waals surface area (Å²) in [7, 11) is 0. The van der Waals surface area contributed by atoms with Crippen molar-refractivity contribution in [1.29, 1.82) is 0 Å². The summed E-state index contributed by atoms with van der Waals surface area (Å²) in [5.41, 5.74) is 2.29. The molecule has 0 bridgehead atoms. The molecule has 3 nitrogen and oxygen atoms in total. The fourth-order valence-corrected chi connectivity index (χ4v) is 4.54. The first kappa shape index (κ1) is 19.4. The lowest BCUT2D eigenvalue weighted by molar-refractivity contribution is 0.0523. The van der Waals surface area contributed by atoms with E-state index in [1.807, 2.05) is 72.8 Å². The molecule has 3 aromatic carbocycles. The number of rotatable bonds is 6. The summed E-state index contributed by atoms with van der Waals surface area (Å²) in [5.74, 6) is -0.553. The summed E-state index contributed by atoms with van der Waals surface area (Å²) in [6.07, 6.45) is 2.44. The van der Waals surface area contributed by atoms with Crippen molar-refractivity contribution >= 4 is 45.2 Å². The molecule has 0 saturated heterocycles. The van der Waals surface area contributed by atoms with Crippen LogP contribution in [0.15, 0.2) is 90.1 Å². The first-order chi connectivity index (χ1) is 14.2. The van der Waals surface area contributed by atoms with E-state index in [0.717, 1.165) is 22.1 Å².